The molecule has 0 saturated heterocycles. The Bertz CT molecular complexity index is 2120. The van der Waals surface area contributed by atoms with Gasteiger partial charge in [-0.15, -0.1) is 19.7 Å². The molecule has 4 aromatic carbocycles. The van der Waals surface area contributed by atoms with E-state index >= 15 is 0 Å². The zero-order valence-corrected chi connectivity index (χ0v) is 26.8. The SMILES string of the molecule is COc1cc(N=Nc2c(SOOO)cc3cc(S(=O)(=O)O)c(N)cc3c2O)c(OC)cc1N=Nc1ccc(S(=O)(=O)NC(C)=O)cc1. The number of aromatic hydroxyl groups is 1. The lowest BCUT2D eigenvalue weighted by molar-refractivity contribution is -0.432. The van der Waals surface area contributed by atoms with Crippen molar-refractivity contribution >= 4 is 77.3 Å². The number of nitrogens with two attached hydrogens (primary N) is 1. The summed E-state index contributed by atoms with van der Waals surface area (Å²) in [5.74, 6) is -0.963. The largest absolute Gasteiger partial charge is 0.505 e. The van der Waals surface area contributed by atoms with E-state index in [1.165, 1.54) is 56.7 Å². The number of fused-ring (bicyclic) bond motifs is 1. The van der Waals surface area contributed by atoms with Gasteiger partial charge in [0.05, 0.1) is 47.4 Å². The summed E-state index contributed by atoms with van der Waals surface area (Å²) in [5.41, 5.74) is 5.76. The number of phenols is 1. The van der Waals surface area contributed by atoms with Crippen LogP contribution in [0.25, 0.3) is 10.8 Å². The first kappa shape index (κ1) is 35.0. The Hall–Kier alpha value is -4.90. The highest BCUT2D eigenvalue weighted by atomic mass is 32.2. The van der Waals surface area contributed by atoms with E-state index in [4.69, 9.17) is 20.5 Å². The summed E-state index contributed by atoms with van der Waals surface area (Å²) in [5, 5.41) is 40.0. The molecule has 0 aromatic heterocycles. The van der Waals surface area contributed by atoms with Crippen molar-refractivity contribution in [3.63, 3.8) is 0 Å². The molecule has 21 heteroatoms. The van der Waals surface area contributed by atoms with Crippen LogP contribution in [0.15, 0.2) is 89.7 Å². The molecule has 0 saturated carbocycles. The van der Waals surface area contributed by atoms with Gasteiger partial charge in [0.2, 0.25) is 5.91 Å². The number of benzene rings is 4. The van der Waals surface area contributed by atoms with E-state index in [1.807, 2.05) is 4.72 Å². The van der Waals surface area contributed by atoms with Gasteiger partial charge < -0.3 is 20.3 Å². The summed E-state index contributed by atoms with van der Waals surface area (Å²) in [7, 11) is -6.04. The Balaban J connectivity index is 1.72. The Morgan fingerprint density at radius 3 is 2.02 bits per heavy atom. The van der Waals surface area contributed by atoms with Gasteiger partial charge in [0, 0.05) is 24.4 Å². The maximum absolute atomic E-state index is 12.2. The Labute approximate surface area is 270 Å². The number of anilines is 1. The first-order chi connectivity index (χ1) is 22.2. The van der Waals surface area contributed by atoms with Crippen molar-refractivity contribution in [1.82, 2.24) is 4.72 Å². The number of rotatable bonds is 12. The van der Waals surface area contributed by atoms with Crippen molar-refractivity contribution in [2.24, 2.45) is 20.5 Å². The molecule has 0 bridgehead atoms. The lowest BCUT2D eigenvalue weighted by Crippen LogP contribution is -2.28. The molecule has 4 rings (SSSR count). The minimum atomic E-state index is -4.70. The molecular weight excluding hydrogens is 685 g/mol. The molecule has 0 aliphatic carbocycles. The maximum atomic E-state index is 12.2. The van der Waals surface area contributed by atoms with Crippen molar-refractivity contribution in [1.29, 1.82) is 0 Å². The van der Waals surface area contributed by atoms with Crippen LogP contribution in [-0.2, 0) is 34.3 Å². The highest BCUT2D eigenvalue weighted by molar-refractivity contribution is 7.94. The molecule has 47 heavy (non-hydrogen) atoms. The third-order valence-corrected chi connectivity index (χ3v) is 9.03. The van der Waals surface area contributed by atoms with Crippen LogP contribution in [0.5, 0.6) is 17.2 Å². The summed E-state index contributed by atoms with van der Waals surface area (Å²) in [6.45, 7) is 1.07. The van der Waals surface area contributed by atoms with Gasteiger partial charge in [-0.25, -0.2) is 18.4 Å². The average Bonchev–Trinajstić information content (AvgIpc) is 3.01. The topological polar surface area (TPSA) is 270 Å². The van der Waals surface area contributed by atoms with Gasteiger partial charge in [-0.1, -0.05) is 5.04 Å². The number of amides is 1. The third kappa shape index (κ3) is 8.10. The van der Waals surface area contributed by atoms with E-state index in [-0.39, 0.29) is 60.5 Å². The zero-order chi connectivity index (χ0) is 34.5. The normalized spacial score (nSPS) is 12.2. The number of phenolic OH excluding ortho intramolecular Hbond substituents is 1. The molecule has 0 heterocycles. The lowest BCUT2D eigenvalue weighted by atomic mass is 10.1. The molecule has 18 nitrogen and oxygen atoms in total. The van der Waals surface area contributed by atoms with Crippen molar-refractivity contribution in [2.75, 3.05) is 20.0 Å². The van der Waals surface area contributed by atoms with E-state index in [2.05, 4.69) is 29.8 Å². The molecule has 0 atom stereocenters. The fourth-order valence-corrected chi connectivity index (χ4v) is 6.12. The molecule has 0 aliphatic heterocycles. The smallest absolute Gasteiger partial charge is 0.296 e. The Morgan fingerprint density at radius 1 is 0.894 bits per heavy atom. The molecular formula is C26H24N6O12S3. The van der Waals surface area contributed by atoms with E-state index in [0.717, 1.165) is 19.1 Å². The molecule has 0 radical (unpaired) electrons. The monoisotopic (exact) mass is 708 g/mol. The number of nitrogens with zero attached hydrogens (tertiary/aromatic N) is 4. The van der Waals surface area contributed by atoms with E-state index in [9.17, 15) is 31.3 Å². The predicted octanol–water partition coefficient (Wildman–Crippen LogP) is 5.48. The number of azo groups is 2. The number of nitrogens with one attached hydrogen (secondary N) is 1. The number of ether oxygens (including phenoxy) is 2. The molecule has 4 aromatic rings. The van der Waals surface area contributed by atoms with E-state index in [0.29, 0.717) is 12.0 Å². The third-order valence-electron chi connectivity index (χ3n) is 6.05. The second-order valence-corrected chi connectivity index (χ2v) is 13.0. The van der Waals surface area contributed by atoms with Crippen LogP contribution in [0.1, 0.15) is 6.92 Å². The second kappa shape index (κ2) is 14.3. The highest BCUT2D eigenvalue weighted by Gasteiger charge is 2.21. The molecule has 0 unspecified atom stereocenters. The summed E-state index contributed by atoms with van der Waals surface area (Å²) < 4.78 is 74.4. The van der Waals surface area contributed by atoms with Crippen LogP contribution in [0.2, 0.25) is 0 Å². The quantitative estimate of drug-likeness (QED) is 0.0305. The van der Waals surface area contributed by atoms with Gasteiger partial charge in [0.1, 0.15) is 33.5 Å². The summed E-state index contributed by atoms with van der Waals surface area (Å²) in [4.78, 5) is 10.4. The number of carbonyl (C=O) groups excluding carboxylic acids is 1. The molecule has 6 N–H and O–H groups in total. The highest BCUT2D eigenvalue weighted by Crippen LogP contribution is 2.47. The van der Waals surface area contributed by atoms with Crippen LogP contribution in [0.3, 0.4) is 0 Å². The minimum absolute atomic E-state index is 0.00824. The predicted molar refractivity (Wildman–Crippen MR) is 166 cm³/mol. The van der Waals surface area contributed by atoms with Crippen LogP contribution >= 0.6 is 12.0 Å². The molecule has 0 fully saturated rings. The number of carbonyl (C=O) groups is 1. The first-order valence-corrected chi connectivity index (χ1v) is 16.3. The van der Waals surface area contributed by atoms with Gasteiger partial charge in [-0.05, 0) is 47.9 Å². The second-order valence-electron chi connectivity index (χ2n) is 9.14. The van der Waals surface area contributed by atoms with Gasteiger partial charge in [-0.2, -0.15) is 13.5 Å². The fourth-order valence-electron chi connectivity index (χ4n) is 4.00. The number of hydrogen-bond donors (Lipinski definition) is 5. The molecule has 0 spiro atoms. The number of hydrogen-bond acceptors (Lipinski definition) is 17. The Kier molecular flexibility index (Phi) is 10.6. The van der Waals surface area contributed by atoms with Crippen molar-refractivity contribution in [2.45, 2.75) is 21.6 Å². The van der Waals surface area contributed by atoms with E-state index in [1.54, 1.807) is 0 Å². The fraction of sp³-hybridized carbons (Fsp3) is 0.115. The van der Waals surface area contributed by atoms with Crippen molar-refractivity contribution < 1.29 is 55.4 Å². The zero-order valence-electron chi connectivity index (χ0n) is 24.3. The summed E-state index contributed by atoms with van der Waals surface area (Å²) >= 11 is 0.394. The first-order valence-electron chi connectivity index (χ1n) is 12.6. The van der Waals surface area contributed by atoms with Crippen LogP contribution in [0.4, 0.5) is 28.4 Å². The Morgan fingerprint density at radius 2 is 1.49 bits per heavy atom. The van der Waals surface area contributed by atoms with Crippen molar-refractivity contribution in [3.05, 3.63) is 54.6 Å². The van der Waals surface area contributed by atoms with Gasteiger partial charge in [-0.3, -0.25) is 9.35 Å². The molecule has 1 amide bonds. The molecule has 0 aliphatic rings. The van der Waals surface area contributed by atoms with Crippen LogP contribution < -0.4 is 19.9 Å². The van der Waals surface area contributed by atoms with Gasteiger partial charge in [0.15, 0.2) is 5.75 Å². The number of methoxy groups -OCH3 is 2. The van der Waals surface area contributed by atoms with Crippen molar-refractivity contribution in [3.8, 4) is 17.2 Å². The number of sulfonamides is 1. The lowest BCUT2D eigenvalue weighted by Gasteiger charge is -2.12. The average molecular weight is 709 g/mol. The summed E-state index contributed by atoms with van der Waals surface area (Å²) in [6.07, 6.45) is 0. The standard InChI is InChI=1S/C26H24N6O12S3/c1-13(33)32-46(36,37)16-6-4-15(5-7-16)28-29-19-11-22(42-3)20(12-21(19)41-2)30-31-25-23(45-44-43-35)8-14-9-24(47(38,39)40)18(27)10-17(14)26(25)34/h4-12,34-35H,27H2,1-3H3,(H,32,33)(H,38,39,40). The molecule has 248 valence electrons. The van der Waals surface area contributed by atoms with Gasteiger partial charge in [0.25, 0.3) is 20.1 Å². The minimum Gasteiger partial charge on any atom is -0.505 e. The van der Waals surface area contributed by atoms with E-state index < -0.39 is 36.7 Å². The number of nitrogen functional groups attached to an aromatic ring is 1. The summed E-state index contributed by atoms with van der Waals surface area (Å²) in [6, 6.07) is 11.5. The van der Waals surface area contributed by atoms with Crippen LogP contribution in [-0.4, -0.2) is 51.9 Å². The maximum Gasteiger partial charge on any atom is 0.296 e. The van der Waals surface area contributed by atoms with Gasteiger partial charge >= 0.3 is 0 Å². The van der Waals surface area contributed by atoms with Crippen LogP contribution in [0, 0.1) is 0 Å².